The van der Waals surface area contributed by atoms with Gasteiger partial charge in [-0.05, 0) is 35.9 Å². The number of hydrogen-bond donors (Lipinski definition) is 1. The highest BCUT2D eigenvalue weighted by Gasteiger charge is 2.18. The Labute approximate surface area is 111 Å². The number of furan rings is 1. The lowest BCUT2D eigenvalue weighted by molar-refractivity contribution is 0.0942. The Bertz CT molecular complexity index is 627. The second kappa shape index (κ2) is 5.36. The molecule has 1 heterocycles. The average molecular weight is 290 g/mol. The Morgan fingerprint density at radius 1 is 1.16 bits per heavy atom. The van der Waals surface area contributed by atoms with Crippen LogP contribution < -0.4 is 5.32 Å². The molecule has 0 aliphatic carbocycles. The van der Waals surface area contributed by atoms with E-state index in [1.807, 2.05) is 0 Å². The van der Waals surface area contributed by atoms with Crippen molar-refractivity contribution in [2.45, 2.75) is 6.54 Å². The molecule has 19 heavy (non-hydrogen) atoms. The summed E-state index contributed by atoms with van der Waals surface area (Å²) in [7, 11) is 0. The molecule has 1 N–H and O–H groups in total. The van der Waals surface area contributed by atoms with Crippen molar-refractivity contribution in [2.24, 2.45) is 0 Å². The summed E-state index contributed by atoms with van der Waals surface area (Å²) in [6.07, 6.45) is 0. The van der Waals surface area contributed by atoms with Crippen LogP contribution in [-0.2, 0) is 6.54 Å². The first kappa shape index (κ1) is 13.5. The van der Waals surface area contributed by atoms with E-state index in [0.29, 0.717) is 11.8 Å². The predicted octanol–water partition coefficient (Wildman–Crippen LogP) is 3.28. The van der Waals surface area contributed by atoms with Crippen molar-refractivity contribution in [3.05, 3.63) is 58.3 Å². The Balaban J connectivity index is 2.10. The Kier molecular flexibility index (Phi) is 3.80. The molecule has 0 aliphatic rings. The van der Waals surface area contributed by atoms with Crippen molar-refractivity contribution < 1.29 is 22.4 Å². The van der Waals surface area contributed by atoms with Crippen molar-refractivity contribution >= 4 is 17.5 Å². The van der Waals surface area contributed by atoms with Crippen molar-refractivity contribution in [1.29, 1.82) is 0 Å². The maximum absolute atomic E-state index is 13.3. The Morgan fingerprint density at radius 2 is 1.89 bits per heavy atom. The van der Waals surface area contributed by atoms with E-state index in [0.717, 1.165) is 6.07 Å². The quantitative estimate of drug-likeness (QED) is 0.881. The van der Waals surface area contributed by atoms with E-state index in [1.54, 1.807) is 0 Å². The number of benzene rings is 1. The van der Waals surface area contributed by atoms with Crippen LogP contribution in [0.3, 0.4) is 0 Å². The summed E-state index contributed by atoms with van der Waals surface area (Å²) in [6, 6.07) is 4.53. The zero-order chi connectivity index (χ0) is 14.0. The number of nitrogens with one attached hydrogen (secondary N) is 1. The molecule has 1 aromatic carbocycles. The van der Waals surface area contributed by atoms with Crippen LogP contribution in [0.4, 0.5) is 13.2 Å². The smallest absolute Gasteiger partial charge is 0.254 e. The summed E-state index contributed by atoms with van der Waals surface area (Å²) in [5.41, 5.74) is -0.587. The second-order valence-electron chi connectivity index (χ2n) is 3.61. The van der Waals surface area contributed by atoms with E-state index in [1.165, 1.54) is 12.1 Å². The number of carbonyl (C=O) groups is 1. The normalized spacial score (nSPS) is 10.5. The Hall–Kier alpha value is -1.95. The fourth-order valence-electron chi connectivity index (χ4n) is 1.41. The summed E-state index contributed by atoms with van der Waals surface area (Å²) in [5, 5.41) is 2.44. The molecule has 0 unspecified atom stereocenters. The SMILES string of the molecule is O=C(NCc1ccc(Cl)o1)c1ccc(F)c(F)c1F. The van der Waals surface area contributed by atoms with Crippen LogP contribution in [0.15, 0.2) is 28.7 Å². The molecule has 0 spiro atoms. The highest BCUT2D eigenvalue weighted by atomic mass is 35.5. The van der Waals surface area contributed by atoms with E-state index in [-0.39, 0.29) is 11.8 Å². The van der Waals surface area contributed by atoms with Gasteiger partial charge in [-0.1, -0.05) is 0 Å². The molecule has 0 saturated heterocycles. The van der Waals surface area contributed by atoms with E-state index in [2.05, 4.69) is 5.32 Å². The lowest BCUT2D eigenvalue weighted by Crippen LogP contribution is -2.24. The van der Waals surface area contributed by atoms with Gasteiger partial charge in [0.2, 0.25) is 0 Å². The first-order valence-electron chi connectivity index (χ1n) is 5.15. The lowest BCUT2D eigenvalue weighted by Gasteiger charge is -2.05. The highest BCUT2D eigenvalue weighted by Crippen LogP contribution is 2.16. The maximum atomic E-state index is 13.3. The third-order valence-corrected chi connectivity index (χ3v) is 2.53. The van der Waals surface area contributed by atoms with Crippen LogP contribution >= 0.6 is 11.6 Å². The van der Waals surface area contributed by atoms with Crippen LogP contribution in [0, 0.1) is 17.5 Å². The fraction of sp³-hybridized carbons (Fsp3) is 0.0833. The van der Waals surface area contributed by atoms with Crippen LogP contribution in [0.2, 0.25) is 5.22 Å². The first-order chi connectivity index (χ1) is 8.99. The molecule has 0 radical (unpaired) electrons. The average Bonchev–Trinajstić information content (AvgIpc) is 2.79. The van der Waals surface area contributed by atoms with Gasteiger partial charge in [-0.25, -0.2) is 13.2 Å². The summed E-state index contributed by atoms with van der Waals surface area (Å²) >= 11 is 5.53. The monoisotopic (exact) mass is 289 g/mol. The summed E-state index contributed by atoms with van der Waals surface area (Å²) < 4.78 is 43.9. The minimum atomic E-state index is -1.69. The molecule has 7 heteroatoms. The summed E-state index contributed by atoms with van der Waals surface area (Å²) in [6.45, 7) is -0.0516. The molecular weight excluding hydrogens is 283 g/mol. The van der Waals surface area contributed by atoms with E-state index >= 15 is 0 Å². The van der Waals surface area contributed by atoms with Gasteiger partial charge in [0.1, 0.15) is 5.76 Å². The molecule has 3 nitrogen and oxygen atoms in total. The van der Waals surface area contributed by atoms with Gasteiger partial charge >= 0.3 is 0 Å². The molecule has 2 rings (SSSR count). The highest BCUT2D eigenvalue weighted by molar-refractivity contribution is 6.28. The topological polar surface area (TPSA) is 42.2 Å². The lowest BCUT2D eigenvalue weighted by atomic mass is 10.2. The van der Waals surface area contributed by atoms with Crippen LogP contribution in [0.25, 0.3) is 0 Å². The van der Waals surface area contributed by atoms with Gasteiger partial charge in [-0.2, -0.15) is 0 Å². The zero-order valence-electron chi connectivity index (χ0n) is 9.34. The third-order valence-electron chi connectivity index (χ3n) is 2.33. The third kappa shape index (κ3) is 2.90. The second-order valence-corrected chi connectivity index (χ2v) is 3.98. The predicted molar refractivity (Wildman–Crippen MR) is 61.2 cm³/mol. The van der Waals surface area contributed by atoms with E-state index in [9.17, 15) is 18.0 Å². The number of amides is 1. The van der Waals surface area contributed by atoms with Gasteiger partial charge in [0, 0.05) is 0 Å². The number of halogens is 4. The van der Waals surface area contributed by atoms with Gasteiger partial charge in [-0.15, -0.1) is 0 Å². The van der Waals surface area contributed by atoms with Gasteiger partial charge in [-0.3, -0.25) is 4.79 Å². The number of carbonyl (C=O) groups excluding carboxylic acids is 1. The van der Waals surface area contributed by atoms with E-state index < -0.39 is 28.9 Å². The van der Waals surface area contributed by atoms with Crippen LogP contribution in [0.1, 0.15) is 16.1 Å². The van der Waals surface area contributed by atoms with Crippen LogP contribution in [0.5, 0.6) is 0 Å². The zero-order valence-corrected chi connectivity index (χ0v) is 10.1. The molecule has 2 aromatic rings. The molecule has 0 bridgehead atoms. The molecule has 100 valence electrons. The molecule has 0 atom stereocenters. The van der Waals surface area contributed by atoms with E-state index in [4.69, 9.17) is 16.0 Å². The Morgan fingerprint density at radius 3 is 2.53 bits per heavy atom. The van der Waals surface area contributed by atoms with Gasteiger partial charge in [0.05, 0.1) is 12.1 Å². The molecular formula is C12H7ClF3NO2. The maximum Gasteiger partial charge on any atom is 0.254 e. The first-order valence-corrected chi connectivity index (χ1v) is 5.52. The van der Waals surface area contributed by atoms with Crippen LogP contribution in [-0.4, -0.2) is 5.91 Å². The molecule has 1 amide bonds. The standard InChI is InChI=1S/C12H7ClF3NO2/c13-9-4-1-6(19-9)5-17-12(18)7-2-3-8(14)11(16)10(7)15/h1-4H,5H2,(H,17,18). The molecule has 0 aliphatic heterocycles. The summed E-state index contributed by atoms with van der Waals surface area (Å²) in [4.78, 5) is 11.6. The molecule has 0 fully saturated rings. The minimum Gasteiger partial charge on any atom is -0.448 e. The summed E-state index contributed by atoms with van der Waals surface area (Å²) in [5.74, 6) is -5.11. The van der Waals surface area contributed by atoms with Gasteiger partial charge < -0.3 is 9.73 Å². The van der Waals surface area contributed by atoms with Gasteiger partial charge in [0.15, 0.2) is 22.7 Å². The van der Waals surface area contributed by atoms with Crippen molar-refractivity contribution in [3.63, 3.8) is 0 Å². The molecule has 0 saturated carbocycles. The molecule has 1 aromatic heterocycles. The van der Waals surface area contributed by atoms with Crippen molar-refractivity contribution in [2.75, 3.05) is 0 Å². The van der Waals surface area contributed by atoms with Gasteiger partial charge in [0.25, 0.3) is 5.91 Å². The fourth-order valence-corrected chi connectivity index (χ4v) is 1.57. The number of hydrogen-bond acceptors (Lipinski definition) is 2. The van der Waals surface area contributed by atoms with Crippen molar-refractivity contribution in [1.82, 2.24) is 5.32 Å². The minimum absolute atomic E-state index is 0.0516. The number of rotatable bonds is 3. The van der Waals surface area contributed by atoms with Crippen molar-refractivity contribution in [3.8, 4) is 0 Å². The largest absolute Gasteiger partial charge is 0.448 e.